The van der Waals surface area contributed by atoms with Crippen LogP contribution < -0.4 is 10.1 Å². The van der Waals surface area contributed by atoms with Gasteiger partial charge in [-0.25, -0.2) is 9.79 Å². The van der Waals surface area contributed by atoms with E-state index >= 15 is 0 Å². The van der Waals surface area contributed by atoms with Crippen molar-refractivity contribution < 1.29 is 24.2 Å². The van der Waals surface area contributed by atoms with Gasteiger partial charge in [-0.3, -0.25) is 4.79 Å². The lowest BCUT2D eigenvalue weighted by Gasteiger charge is -2.07. The second-order valence-corrected chi connectivity index (χ2v) is 6.21. The van der Waals surface area contributed by atoms with Crippen molar-refractivity contribution in [3.8, 4) is 5.75 Å². The molecule has 1 amide bonds. The highest BCUT2D eigenvalue weighted by atomic mass is 16.5. The molecule has 0 saturated heterocycles. The summed E-state index contributed by atoms with van der Waals surface area (Å²) < 4.78 is 10.1. The van der Waals surface area contributed by atoms with E-state index in [-0.39, 0.29) is 29.5 Å². The summed E-state index contributed by atoms with van der Waals surface area (Å²) in [5, 5.41) is 13.0. The first-order valence-electron chi connectivity index (χ1n) is 8.85. The van der Waals surface area contributed by atoms with Gasteiger partial charge >= 0.3 is 5.97 Å². The maximum absolute atomic E-state index is 11.9. The zero-order chi connectivity index (χ0) is 20.8. The van der Waals surface area contributed by atoms with Crippen LogP contribution in [0.15, 0.2) is 76.6 Å². The molecule has 0 bridgehead atoms. The summed E-state index contributed by atoms with van der Waals surface area (Å²) >= 11 is 0. The van der Waals surface area contributed by atoms with Gasteiger partial charge in [0.15, 0.2) is 12.4 Å². The van der Waals surface area contributed by atoms with Crippen molar-refractivity contribution in [1.82, 2.24) is 0 Å². The molecule has 1 aliphatic rings. The average Bonchev–Trinajstić information content (AvgIpc) is 3.00. The highest BCUT2D eigenvalue weighted by Crippen LogP contribution is 2.26. The monoisotopic (exact) mass is 392 g/mol. The lowest BCUT2D eigenvalue weighted by Crippen LogP contribution is -2.20. The van der Waals surface area contributed by atoms with Gasteiger partial charge in [-0.15, -0.1) is 0 Å². The molecule has 0 aromatic heterocycles. The van der Waals surface area contributed by atoms with Gasteiger partial charge in [0.1, 0.15) is 17.0 Å². The molecule has 2 N–H and O–H groups in total. The van der Waals surface area contributed by atoms with Crippen molar-refractivity contribution in [1.29, 1.82) is 0 Å². The van der Waals surface area contributed by atoms with Crippen LogP contribution in [0.3, 0.4) is 0 Å². The Morgan fingerprint density at radius 1 is 1.10 bits per heavy atom. The molecule has 7 nitrogen and oxygen atoms in total. The minimum Gasteiger partial charge on any atom is -0.505 e. The number of para-hydroxylation sites is 1. The number of aliphatic hydroxyl groups excluding tert-OH is 1. The summed E-state index contributed by atoms with van der Waals surface area (Å²) in [6.07, 6.45) is 1.64. The number of hydrogen-bond acceptors (Lipinski definition) is 6. The van der Waals surface area contributed by atoms with Gasteiger partial charge < -0.3 is 19.9 Å². The van der Waals surface area contributed by atoms with E-state index in [1.54, 1.807) is 49.4 Å². The van der Waals surface area contributed by atoms with Crippen molar-refractivity contribution in [2.45, 2.75) is 6.92 Å². The summed E-state index contributed by atoms with van der Waals surface area (Å²) in [5.41, 5.74) is 2.18. The third kappa shape index (κ3) is 4.90. The first kappa shape index (κ1) is 19.9. The summed E-state index contributed by atoms with van der Waals surface area (Å²) in [6.45, 7) is 1.51. The normalized spacial score (nSPS) is 14.6. The van der Waals surface area contributed by atoms with Gasteiger partial charge in [0, 0.05) is 5.69 Å². The van der Waals surface area contributed by atoms with Crippen LogP contribution in [0.1, 0.15) is 12.5 Å². The molecule has 0 unspecified atom stereocenters. The fourth-order valence-electron chi connectivity index (χ4n) is 2.72. The number of rotatable bonds is 6. The first-order chi connectivity index (χ1) is 14.0. The number of anilines is 1. The number of carbonyl (C=O) groups excluding carboxylic acids is 2. The van der Waals surface area contributed by atoms with E-state index in [4.69, 9.17) is 4.74 Å². The van der Waals surface area contributed by atoms with Crippen molar-refractivity contribution >= 4 is 29.4 Å². The fraction of sp³-hybridized carbons (Fsp3) is 0.136. The number of nitrogens with one attached hydrogen (secondary N) is 1. The smallest absolute Gasteiger partial charge is 0.343 e. The van der Waals surface area contributed by atoms with Crippen LogP contribution in [-0.4, -0.2) is 36.4 Å². The predicted molar refractivity (Wildman–Crippen MR) is 110 cm³/mol. The summed E-state index contributed by atoms with van der Waals surface area (Å²) in [7, 11) is 1.25. The highest BCUT2D eigenvalue weighted by Gasteiger charge is 2.27. The van der Waals surface area contributed by atoms with Crippen LogP contribution >= 0.6 is 0 Å². The molecule has 0 saturated carbocycles. The van der Waals surface area contributed by atoms with Crippen molar-refractivity contribution in [2.75, 3.05) is 19.0 Å². The molecule has 1 heterocycles. The maximum atomic E-state index is 11.9. The van der Waals surface area contributed by atoms with E-state index in [0.29, 0.717) is 17.1 Å². The lowest BCUT2D eigenvalue weighted by atomic mass is 10.1. The summed E-state index contributed by atoms with van der Waals surface area (Å²) in [6, 6.07) is 16.0. The molecule has 0 aliphatic carbocycles. The predicted octanol–water partition coefficient (Wildman–Crippen LogP) is 3.50. The number of aliphatic imine (C=N–C) groups is 1. The number of aliphatic hydroxyl groups is 1. The molecule has 0 atom stereocenters. The molecule has 0 spiro atoms. The molecule has 29 heavy (non-hydrogen) atoms. The highest BCUT2D eigenvalue weighted by molar-refractivity contribution is 6.22. The van der Waals surface area contributed by atoms with Crippen LogP contribution in [-0.2, 0) is 14.3 Å². The van der Waals surface area contributed by atoms with Crippen molar-refractivity contribution in [3.05, 3.63) is 77.2 Å². The first-order valence-corrected chi connectivity index (χ1v) is 8.85. The van der Waals surface area contributed by atoms with Crippen LogP contribution in [0.25, 0.3) is 6.08 Å². The number of nitrogens with zero attached hydrogens (tertiary/aromatic N) is 1. The molecule has 7 heteroatoms. The number of methoxy groups -OCH3 is 1. The Labute approximate surface area is 168 Å². The maximum Gasteiger partial charge on any atom is 0.343 e. The minimum atomic E-state index is -0.635. The Bertz CT molecular complexity index is 1010. The molecule has 3 rings (SSSR count). The SMILES string of the molecule is COC(=O)C1=C(O)C(=Cc2ccc(OCC(=O)Nc3ccccc3)cc2)N=C1C. The third-order valence-electron chi connectivity index (χ3n) is 4.13. The number of benzene rings is 2. The number of amides is 1. The minimum absolute atomic E-state index is 0.0585. The third-order valence-corrected chi connectivity index (χ3v) is 4.13. The van der Waals surface area contributed by atoms with Gasteiger partial charge in [0.05, 0.1) is 12.8 Å². The van der Waals surface area contributed by atoms with Crippen LogP contribution in [0.5, 0.6) is 5.75 Å². The Morgan fingerprint density at radius 2 is 1.79 bits per heavy atom. The zero-order valence-corrected chi connectivity index (χ0v) is 16.0. The van der Waals surface area contributed by atoms with Gasteiger partial charge in [0.2, 0.25) is 0 Å². The Balaban J connectivity index is 1.62. The Morgan fingerprint density at radius 3 is 2.45 bits per heavy atom. The number of ether oxygens (including phenoxy) is 2. The van der Waals surface area contributed by atoms with Gasteiger partial charge in [-0.1, -0.05) is 30.3 Å². The summed E-state index contributed by atoms with van der Waals surface area (Å²) in [4.78, 5) is 27.9. The molecule has 1 aliphatic heterocycles. The lowest BCUT2D eigenvalue weighted by molar-refractivity contribution is -0.135. The topological polar surface area (TPSA) is 97.2 Å². The molecule has 0 radical (unpaired) electrons. The largest absolute Gasteiger partial charge is 0.505 e. The van der Waals surface area contributed by atoms with E-state index in [1.807, 2.05) is 18.2 Å². The molecule has 148 valence electrons. The second kappa shape index (κ2) is 8.88. The summed E-state index contributed by atoms with van der Waals surface area (Å²) in [5.74, 6) is -0.586. The van der Waals surface area contributed by atoms with Crippen LogP contribution in [0.4, 0.5) is 5.69 Å². The number of esters is 1. The van der Waals surface area contributed by atoms with Crippen molar-refractivity contribution in [2.24, 2.45) is 4.99 Å². The van der Waals surface area contributed by atoms with Gasteiger partial charge in [0.25, 0.3) is 5.91 Å². The standard InChI is InChI=1S/C22H20N2O5/c1-14-20(22(27)28-2)21(26)18(23-14)12-15-8-10-17(11-9-15)29-13-19(25)24-16-6-4-3-5-7-16/h3-12,26H,13H2,1-2H3,(H,24,25). The van der Waals surface area contributed by atoms with Gasteiger partial charge in [-0.05, 0) is 42.8 Å². The molecular formula is C22H20N2O5. The molecular weight excluding hydrogens is 372 g/mol. The Kier molecular flexibility index (Phi) is 6.09. The Hall–Kier alpha value is -3.87. The molecule has 2 aromatic carbocycles. The quantitative estimate of drug-likeness (QED) is 0.734. The number of carbonyl (C=O) groups is 2. The van der Waals surface area contributed by atoms with E-state index < -0.39 is 5.97 Å². The average molecular weight is 392 g/mol. The second-order valence-electron chi connectivity index (χ2n) is 6.21. The van der Waals surface area contributed by atoms with Gasteiger partial charge in [-0.2, -0.15) is 0 Å². The van der Waals surface area contributed by atoms with Crippen LogP contribution in [0.2, 0.25) is 0 Å². The van der Waals surface area contributed by atoms with E-state index in [2.05, 4.69) is 15.0 Å². The van der Waals surface area contributed by atoms with Crippen LogP contribution in [0, 0.1) is 0 Å². The van der Waals surface area contributed by atoms with E-state index in [9.17, 15) is 14.7 Å². The van der Waals surface area contributed by atoms with E-state index in [0.717, 1.165) is 5.56 Å². The molecule has 0 fully saturated rings. The van der Waals surface area contributed by atoms with E-state index in [1.165, 1.54) is 7.11 Å². The fourth-order valence-corrected chi connectivity index (χ4v) is 2.72. The molecule has 2 aromatic rings. The van der Waals surface area contributed by atoms with Crippen molar-refractivity contribution in [3.63, 3.8) is 0 Å². The zero-order valence-electron chi connectivity index (χ0n) is 16.0. The number of hydrogen-bond donors (Lipinski definition) is 2.